The van der Waals surface area contributed by atoms with Crippen molar-refractivity contribution in [1.29, 1.82) is 0 Å². The SMILES string of the molecule is COC(C)C(C)NCC1(CO)CCCCC1. The Balaban J connectivity index is 2.38. The quantitative estimate of drug-likeness (QED) is 0.731. The van der Waals surface area contributed by atoms with E-state index in [-0.39, 0.29) is 11.5 Å². The van der Waals surface area contributed by atoms with E-state index in [1.165, 1.54) is 19.3 Å². The molecule has 96 valence electrons. The molecule has 0 amide bonds. The lowest BCUT2D eigenvalue weighted by Gasteiger charge is -2.37. The smallest absolute Gasteiger partial charge is 0.0693 e. The van der Waals surface area contributed by atoms with Crippen molar-refractivity contribution in [3.05, 3.63) is 0 Å². The molecule has 0 radical (unpaired) electrons. The van der Waals surface area contributed by atoms with Gasteiger partial charge in [0.25, 0.3) is 0 Å². The minimum Gasteiger partial charge on any atom is -0.396 e. The first-order valence-electron chi connectivity index (χ1n) is 6.50. The number of methoxy groups -OCH3 is 1. The summed E-state index contributed by atoms with van der Waals surface area (Å²) in [6, 6.07) is 0.343. The van der Waals surface area contributed by atoms with Crippen LogP contribution in [0.5, 0.6) is 0 Å². The Bertz CT molecular complexity index is 190. The number of rotatable bonds is 6. The molecule has 3 nitrogen and oxygen atoms in total. The Kier molecular flexibility index (Phi) is 5.73. The first-order chi connectivity index (χ1) is 7.63. The highest BCUT2D eigenvalue weighted by Crippen LogP contribution is 2.35. The molecule has 0 spiro atoms. The number of aliphatic hydroxyl groups excluding tert-OH is 1. The largest absolute Gasteiger partial charge is 0.396 e. The number of aliphatic hydroxyl groups is 1. The summed E-state index contributed by atoms with van der Waals surface area (Å²) in [5.74, 6) is 0. The summed E-state index contributed by atoms with van der Waals surface area (Å²) in [6.45, 7) is 5.44. The average Bonchev–Trinajstić information content (AvgIpc) is 2.36. The van der Waals surface area contributed by atoms with Crippen LogP contribution in [0.3, 0.4) is 0 Å². The van der Waals surface area contributed by atoms with Gasteiger partial charge in [0.05, 0.1) is 6.10 Å². The van der Waals surface area contributed by atoms with Crippen molar-refractivity contribution in [2.24, 2.45) is 5.41 Å². The molecule has 2 unspecified atom stereocenters. The molecule has 0 aromatic carbocycles. The fourth-order valence-electron chi connectivity index (χ4n) is 2.44. The standard InChI is InChI=1S/C13H27NO2/c1-11(12(2)16-3)14-9-13(10-15)7-5-4-6-8-13/h11-12,14-15H,4-10H2,1-3H3. The van der Waals surface area contributed by atoms with Gasteiger partial charge in [-0.15, -0.1) is 0 Å². The van der Waals surface area contributed by atoms with Crippen LogP contribution >= 0.6 is 0 Å². The minimum atomic E-state index is 0.125. The van der Waals surface area contributed by atoms with E-state index in [1.54, 1.807) is 7.11 Å². The Hall–Kier alpha value is -0.120. The molecule has 1 fully saturated rings. The van der Waals surface area contributed by atoms with Crippen LogP contribution in [-0.2, 0) is 4.74 Å². The second-order valence-electron chi connectivity index (χ2n) is 5.33. The van der Waals surface area contributed by atoms with Gasteiger partial charge >= 0.3 is 0 Å². The molecule has 2 N–H and O–H groups in total. The minimum absolute atomic E-state index is 0.125. The molecular weight excluding hydrogens is 202 g/mol. The summed E-state index contributed by atoms with van der Waals surface area (Å²) in [6.07, 6.45) is 6.38. The van der Waals surface area contributed by atoms with Crippen molar-refractivity contribution in [2.45, 2.75) is 58.1 Å². The Labute approximate surface area is 99.6 Å². The normalized spacial score (nSPS) is 24.0. The summed E-state index contributed by atoms with van der Waals surface area (Å²) in [5, 5.41) is 13.1. The molecule has 3 heteroatoms. The Morgan fingerprint density at radius 2 is 1.88 bits per heavy atom. The van der Waals surface area contributed by atoms with Crippen molar-refractivity contribution >= 4 is 0 Å². The van der Waals surface area contributed by atoms with E-state index in [2.05, 4.69) is 19.2 Å². The van der Waals surface area contributed by atoms with Crippen LogP contribution in [0.15, 0.2) is 0 Å². The van der Waals surface area contributed by atoms with Gasteiger partial charge in [-0.1, -0.05) is 19.3 Å². The predicted octanol–water partition coefficient (Wildman–Crippen LogP) is 1.94. The van der Waals surface area contributed by atoms with Gasteiger partial charge in [0.2, 0.25) is 0 Å². The summed E-state index contributed by atoms with van der Waals surface area (Å²) in [4.78, 5) is 0. The summed E-state index contributed by atoms with van der Waals surface area (Å²) in [7, 11) is 1.74. The van der Waals surface area contributed by atoms with Gasteiger partial charge in [0.1, 0.15) is 0 Å². The second kappa shape index (κ2) is 6.58. The van der Waals surface area contributed by atoms with Gasteiger partial charge in [-0.3, -0.25) is 0 Å². The van der Waals surface area contributed by atoms with Gasteiger partial charge in [0, 0.05) is 31.7 Å². The highest BCUT2D eigenvalue weighted by Gasteiger charge is 2.31. The zero-order valence-electron chi connectivity index (χ0n) is 11.0. The molecule has 0 aromatic heterocycles. The van der Waals surface area contributed by atoms with Crippen LogP contribution in [0.25, 0.3) is 0 Å². The zero-order chi connectivity index (χ0) is 12.0. The van der Waals surface area contributed by atoms with E-state index in [0.29, 0.717) is 12.6 Å². The lowest BCUT2D eigenvalue weighted by atomic mass is 9.74. The molecule has 2 atom stereocenters. The van der Waals surface area contributed by atoms with Gasteiger partial charge in [0.15, 0.2) is 0 Å². The molecule has 0 aromatic rings. The predicted molar refractivity (Wildman–Crippen MR) is 66.5 cm³/mol. The molecule has 1 rings (SSSR count). The summed E-state index contributed by atoms with van der Waals surface area (Å²) in [5.41, 5.74) is 0.125. The van der Waals surface area contributed by atoms with Crippen LogP contribution in [0.2, 0.25) is 0 Å². The van der Waals surface area contributed by atoms with Crippen molar-refractivity contribution in [3.8, 4) is 0 Å². The van der Waals surface area contributed by atoms with Crippen LogP contribution in [-0.4, -0.2) is 37.5 Å². The topological polar surface area (TPSA) is 41.5 Å². The van der Waals surface area contributed by atoms with Crippen LogP contribution in [0, 0.1) is 5.41 Å². The molecule has 1 aliphatic carbocycles. The maximum absolute atomic E-state index is 9.58. The first-order valence-corrected chi connectivity index (χ1v) is 6.50. The van der Waals surface area contributed by atoms with E-state index in [1.807, 2.05) is 0 Å². The molecule has 0 saturated heterocycles. The molecule has 16 heavy (non-hydrogen) atoms. The van der Waals surface area contributed by atoms with E-state index < -0.39 is 0 Å². The van der Waals surface area contributed by atoms with Gasteiger partial charge < -0.3 is 15.2 Å². The molecule has 0 heterocycles. The highest BCUT2D eigenvalue weighted by atomic mass is 16.5. The fourth-order valence-corrected chi connectivity index (χ4v) is 2.44. The van der Waals surface area contributed by atoms with E-state index in [4.69, 9.17) is 4.74 Å². The highest BCUT2D eigenvalue weighted by molar-refractivity contribution is 4.85. The average molecular weight is 229 g/mol. The van der Waals surface area contributed by atoms with Gasteiger partial charge in [-0.2, -0.15) is 0 Å². The molecule has 1 aliphatic rings. The monoisotopic (exact) mass is 229 g/mol. The molecule has 0 bridgehead atoms. The van der Waals surface area contributed by atoms with E-state index in [9.17, 15) is 5.11 Å². The molecular formula is C13H27NO2. The Morgan fingerprint density at radius 3 is 2.38 bits per heavy atom. The number of hydrogen-bond donors (Lipinski definition) is 2. The van der Waals surface area contributed by atoms with Crippen molar-refractivity contribution in [3.63, 3.8) is 0 Å². The summed E-state index contributed by atoms with van der Waals surface area (Å²) >= 11 is 0. The van der Waals surface area contributed by atoms with Crippen LogP contribution in [0.1, 0.15) is 46.0 Å². The lowest BCUT2D eigenvalue weighted by Crippen LogP contribution is -2.45. The van der Waals surface area contributed by atoms with Crippen LogP contribution in [0.4, 0.5) is 0 Å². The molecule has 1 saturated carbocycles. The van der Waals surface area contributed by atoms with Crippen molar-refractivity contribution in [2.75, 3.05) is 20.3 Å². The second-order valence-corrected chi connectivity index (χ2v) is 5.33. The number of hydrogen-bond acceptors (Lipinski definition) is 3. The third-order valence-corrected chi connectivity index (χ3v) is 4.12. The first kappa shape index (κ1) is 13.9. The maximum Gasteiger partial charge on any atom is 0.0693 e. The summed E-state index contributed by atoms with van der Waals surface area (Å²) < 4.78 is 5.29. The number of ether oxygens (including phenoxy) is 1. The van der Waals surface area contributed by atoms with Gasteiger partial charge in [-0.05, 0) is 26.7 Å². The third kappa shape index (κ3) is 3.72. The van der Waals surface area contributed by atoms with Crippen LogP contribution < -0.4 is 5.32 Å². The Morgan fingerprint density at radius 1 is 1.25 bits per heavy atom. The maximum atomic E-state index is 9.58. The number of nitrogens with one attached hydrogen (secondary N) is 1. The van der Waals surface area contributed by atoms with E-state index >= 15 is 0 Å². The fraction of sp³-hybridized carbons (Fsp3) is 1.00. The van der Waals surface area contributed by atoms with E-state index in [0.717, 1.165) is 19.4 Å². The van der Waals surface area contributed by atoms with Crippen molar-refractivity contribution in [1.82, 2.24) is 5.32 Å². The van der Waals surface area contributed by atoms with Gasteiger partial charge in [-0.25, -0.2) is 0 Å². The lowest BCUT2D eigenvalue weighted by molar-refractivity contribution is 0.0559. The van der Waals surface area contributed by atoms with Crippen molar-refractivity contribution < 1.29 is 9.84 Å². The molecule has 0 aliphatic heterocycles. The zero-order valence-corrected chi connectivity index (χ0v) is 11.0. The third-order valence-electron chi connectivity index (χ3n) is 4.12.